The van der Waals surface area contributed by atoms with Crippen LogP contribution in [0.5, 0.6) is 0 Å². The van der Waals surface area contributed by atoms with Gasteiger partial charge in [0.1, 0.15) is 5.82 Å². The number of nitrogens with one attached hydrogen (secondary N) is 1. The van der Waals surface area contributed by atoms with Gasteiger partial charge in [0.25, 0.3) is 10.0 Å². The second kappa shape index (κ2) is 5.57. The molecule has 2 aromatic rings. The Labute approximate surface area is 122 Å². The van der Waals surface area contributed by atoms with Crippen molar-refractivity contribution in [2.75, 3.05) is 4.72 Å². The van der Waals surface area contributed by atoms with Crippen molar-refractivity contribution in [2.24, 2.45) is 7.05 Å². The standard InChI is InChI=1S/C13H15N3O4S/c1-9-14-12(8-16(9)2)21(19,20)15-11-6-4-3-5-10(11)7-13(17)18/h3-6,8,15H,7H2,1-2H3,(H,17,18). The monoisotopic (exact) mass is 309 g/mol. The van der Waals surface area contributed by atoms with Gasteiger partial charge < -0.3 is 9.67 Å². The average Bonchev–Trinajstić information content (AvgIpc) is 2.72. The van der Waals surface area contributed by atoms with E-state index >= 15 is 0 Å². The largest absolute Gasteiger partial charge is 0.481 e. The summed E-state index contributed by atoms with van der Waals surface area (Å²) in [5, 5.41) is 8.75. The molecule has 1 aromatic carbocycles. The Kier molecular flexibility index (Phi) is 3.99. The molecule has 0 aliphatic carbocycles. The molecule has 0 fully saturated rings. The van der Waals surface area contributed by atoms with Gasteiger partial charge in [0.2, 0.25) is 0 Å². The first kappa shape index (κ1) is 15.0. The van der Waals surface area contributed by atoms with Gasteiger partial charge in [0, 0.05) is 13.2 Å². The van der Waals surface area contributed by atoms with Gasteiger partial charge in [-0.2, -0.15) is 8.42 Å². The summed E-state index contributed by atoms with van der Waals surface area (Å²) >= 11 is 0. The molecule has 0 spiro atoms. The van der Waals surface area contributed by atoms with Gasteiger partial charge in [-0.3, -0.25) is 9.52 Å². The van der Waals surface area contributed by atoms with Crippen LogP contribution < -0.4 is 4.72 Å². The lowest BCUT2D eigenvalue weighted by atomic mass is 10.1. The highest BCUT2D eigenvalue weighted by Crippen LogP contribution is 2.20. The van der Waals surface area contributed by atoms with Gasteiger partial charge in [-0.25, -0.2) is 4.98 Å². The summed E-state index contributed by atoms with van der Waals surface area (Å²) in [5.74, 6) is -0.468. The van der Waals surface area contributed by atoms with Gasteiger partial charge >= 0.3 is 5.97 Å². The van der Waals surface area contributed by atoms with Crippen LogP contribution in [0.3, 0.4) is 0 Å². The smallest absolute Gasteiger partial charge is 0.307 e. The van der Waals surface area contributed by atoms with E-state index in [0.29, 0.717) is 11.4 Å². The highest BCUT2D eigenvalue weighted by molar-refractivity contribution is 7.92. The number of benzene rings is 1. The van der Waals surface area contributed by atoms with E-state index in [4.69, 9.17) is 5.11 Å². The molecule has 0 aliphatic rings. The van der Waals surface area contributed by atoms with Crippen molar-refractivity contribution in [3.05, 3.63) is 41.9 Å². The highest BCUT2D eigenvalue weighted by atomic mass is 32.2. The second-order valence-corrected chi connectivity index (χ2v) is 6.20. The van der Waals surface area contributed by atoms with E-state index in [1.54, 1.807) is 36.7 Å². The number of carboxylic acid groups (broad SMARTS) is 1. The van der Waals surface area contributed by atoms with Crippen molar-refractivity contribution in [1.29, 1.82) is 0 Å². The summed E-state index contributed by atoms with van der Waals surface area (Å²) in [7, 11) is -2.15. The number of sulfonamides is 1. The average molecular weight is 309 g/mol. The highest BCUT2D eigenvalue weighted by Gasteiger charge is 2.20. The fraction of sp³-hybridized carbons (Fsp3) is 0.231. The topological polar surface area (TPSA) is 101 Å². The number of carboxylic acids is 1. The lowest BCUT2D eigenvalue weighted by molar-refractivity contribution is -0.136. The lowest BCUT2D eigenvalue weighted by Gasteiger charge is -2.09. The van der Waals surface area contributed by atoms with Crippen LogP contribution in [-0.2, 0) is 28.3 Å². The number of anilines is 1. The van der Waals surface area contributed by atoms with Gasteiger partial charge in [-0.15, -0.1) is 0 Å². The molecule has 2 N–H and O–H groups in total. The van der Waals surface area contributed by atoms with Crippen molar-refractivity contribution in [2.45, 2.75) is 18.4 Å². The molecule has 1 heterocycles. The number of carbonyl (C=O) groups is 1. The molecule has 0 amide bonds. The Morgan fingerprint density at radius 2 is 2.05 bits per heavy atom. The van der Waals surface area contributed by atoms with E-state index in [0.717, 1.165) is 0 Å². The van der Waals surface area contributed by atoms with E-state index in [1.807, 2.05) is 0 Å². The maximum atomic E-state index is 12.3. The van der Waals surface area contributed by atoms with E-state index in [9.17, 15) is 13.2 Å². The molecule has 112 valence electrons. The summed E-state index contributed by atoms with van der Waals surface area (Å²) in [5.41, 5.74) is 0.629. The summed E-state index contributed by atoms with van der Waals surface area (Å²) in [6, 6.07) is 6.37. The maximum absolute atomic E-state index is 12.3. The third-order valence-corrected chi connectivity index (χ3v) is 4.20. The molecule has 2 rings (SSSR count). The maximum Gasteiger partial charge on any atom is 0.307 e. The van der Waals surface area contributed by atoms with Crippen molar-refractivity contribution >= 4 is 21.7 Å². The SMILES string of the molecule is Cc1nc(S(=O)(=O)Nc2ccccc2CC(=O)O)cn1C. The number of aryl methyl sites for hydroxylation is 2. The van der Waals surface area contributed by atoms with Crippen molar-refractivity contribution < 1.29 is 18.3 Å². The summed E-state index contributed by atoms with van der Waals surface area (Å²) < 4.78 is 28.5. The van der Waals surface area contributed by atoms with Crippen molar-refractivity contribution in [3.63, 3.8) is 0 Å². The fourth-order valence-electron chi connectivity index (χ4n) is 1.79. The summed E-state index contributed by atoms with van der Waals surface area (Å²) in [6.45, 7) is 1.69. The Morgan fingerprint density at radius 1 is 1.38 bits per heavy atom. The Balaban J connectivity index is 2.35. The summed E-state index contributed by atoms with van der Waals surface area (Å²) in [4.78, 5) is 14.8. The zero-order chi connectivity index (χ0) is 15.6. The number of para-hydroxylation sites is 1. The van der Waals surface area contributed by atoms with E-state index < -0.39 is 16.0 Å². The molecular formula is C13H15N3O4S. The predicted molar refractivity (Wildman–Crippen MR) is 76.5 cm³/mol. The van der Waals surface area contributed by atoms with Crippen LogP contribution in [0.1, 0.15) is 11.4 Å². The minimum atomic E-state index is -3.85. The molecule has 0 bridgehead atoms. The molecular weight excluding hydrogens is 294 g/mol. The molecule has 0 unspecified atom stereocenters. The number of imidazole rings is 1. The van der Waals surface area contributed by atoms with E-state index in [-0.39, 0.29) is 17.1 Å². The Bertz CT molecular complexity index is 761. The van der Waals surface area contributed by atoms with Crippen LogP contribution in [0.2, 0.25) is 0 Å². The van der Waals surface area contributed by atoms with Crippen LogP contribution in [-0.4, -0.2) is 29.0 Å². The molecule has 0 saturated carbocycles. The van der Waals surface area contributed by atoms with Crippen molar-refractivity contribution in [1.82, 2.24) is 9.55 Å². The zero-order valence-electron chi connectivity index (χ0n) is 11.6. The lowest BCUT2D eigenvalue weighted by Crippen LogP contribution is -2.15. The predicted octanol–water partition coefficient (Wildman–Crippen LogP) is 1.16. The van der Waals surface area contributed by atoms with Gasteiger partial charge in [0.15, 0.2) is 5.03 Å². The normalized spacial score (nSPS) is 11.3. The first-order valence-electron chi connectivity index (χ1n) is 6.12. The summed E-state index contributed by atoms with van der Waals surface area (Å²) in [6.07, 6.45) is 1.14. The molecule has 7 nitrogen and oxygen atoms in total. The first-order valence-corrected chi connectivity index (χ1v) is 7.60. The molecule has 0 radical (unpaired) electrons. The number of nitrogens with zero attached hydrogens (tertiary/aromatic N) is 2. The van der Waals surface area contributed by atoms with Gasteiger partial charge in [-0.05, 0) is 18.6 Å². The fourth-order valence-corrected chi connectivity index (χ4v) is 2.93. The molecule has 0 atom stereocenters. The molecule has 8 heteroatoms. The van der Waals surface area contributed by atoms with Crippen molar-refractivity contribution in [3.8, 4) is 0 Å². The third kappa shape index (κ3) is 3.40. The Hall–Kier alpha value is -2.35. The third-order valence-electron chi connectivity index (χ3n) is 2.97. The number of aromatic nitrogens is 2. The first-order chi connectivity index (χ1) is 9.79. The molecule has 21 heavy (non-hydrogen) atoms. The number of hydrogen-bond donors (Lipinski definition) is 2. The van der Waals surface area contributed by atoms with Crippen LogP contribution in [0.25, 0.3) is 0 Å². The van der Waals surface area contributed by atoms with Crippen LogP contribution >= 0.6 is 0 Å². The van der Waals surface area contributed by atoms with E-state index in [1.165, 1.54) is 12.3 Å². The zero-order valence-corrected chi connectivity index (χ0v) is 12.4. The van der Waals surface area contributed by atoms with Crippen LogP contribution in [0.4, 0.5) is 5.69 Å². The van der Waals surface area contributed by atoms with Gasteiger partial charge in [-0.1, -0.05) is 18.2 Å². The number of aliphatic carboxylic acids is 1. The molecule has 1 aromatic heterocycles. The molecule has 0 saturated heterocycles. The number of hydrogen-bond acceptors (Lipinski definition) is 4. The quantitative estimate of drug-likeness (QED) is 0.863. The van der Waals surface area contributed by atoms with Crippen LogP contribution in [0.15, 0.2) is 35.5 Å². The second-order valence-electron chi connectivity index (χ2n) is 4.57. The van der Waals surface area contributed by atoms with Gasteiger partial charge in [0.05, 0.1) is 12.1 Å². The Morgan fingerprint density at radius 3 is 2.62 bits per heavy atom. The minimum absolute atomic E-state index is 0.104. The number of rotatable bonds is 5. The molecule has 0 aliphatic heterocycles. The minimum Gasteiger partial charge on any atom is -0.481 e. The van der Waals surface area contributed by atoms with Crippen LogP contribution in [0, 0.1) is 6.92 Å². The van der Waals surface area contributed by atoms with E-state index in [2.05, 4.69) is 9.71 Å².